The largest absolute Gasteiger partial charge is 0.465 e. The second kappa shape index (κ2) is 5.00. The van der Waals surface area contributed by atoms with E-state index in [2.05, 4.69) is 5.43 Å². The fraction of sp³-hybridized carbons (Fsp3) is 0.333. The van der Waals surface area contributed by atoms with E-state index in [-0.39, 0.29) is 11.5 Å². The average Bonchev–Trinajstić information content (AvgIpc) is 3.29. The summed E-state index contributed by atoms with van der Waals surface area (Å²) in [6.07, 6.45) is 2.44. The topological polar surface area (TPSA) is 60.3 Å². The molecule has 0 unspecified atom stereocenters. The number of nitrogens with one attached hydrogen (secondary N) is 1. The van der Waals surface area contributed by atoms with Crippen LogP contribution in [0.5, 0.6) is 0 Å². The van der Waals surface area contributed by atoms with Crippen LogP contribution < -0.4 is 11.0 Å². The highest BCUT2D eigenvalue weighted by molar-refractivity contribution is 5.94. The van der Waals surface area contributed by atoms with Gasteiger partial charge in [-0.3, -0.25) is 4.79 Å². The number of hydrogen-bond donors (Lipinski definition) is 1. The summed E-state index contributed by atoms with van der Waals surface area (Å²) in [5, 5.41) is 0.829. The molecule has 1 aromatic heterocycles. The van der Waals surface area contributed by atoms with Gasteiger partial charge in [0, 0.05) is 18.0 Å². The summed E-state index contributed by atoms with van der Waals surface area (Å²) in [5.74, 6) is 0.294. The van der Waals surface area contributed by atoms with E-state index in [1.807, 2.05) is 0 Å². The molecule has 20 heavy (non-hydrogen) atoms. The Morgan fingerprint density at radius 1 is 1.35 bits per heavy atom. The summed E-state index contributed by atoms with van der Waals surface area (Å²) in [4.78, 5) is 23.5. The Morgan fingerprint density at radius 3 is 2.85 bits per heavy atom. The highest BCUT2D eigenvalue weighted by Crippen LogP contribution is 2.28. The zero-order valence-corrected chi connectivity index (χ0v) is 11.3. The molecule has 3 rings (SSSR count). The van der Waals surface area contributed by atoms with Crippen molar-refractivity contribution in [2.75, 3.05) is 19.1 Å². The maximum atomic E-state index is 11.9. The van der Waals surface area contributed by atoms with Gasteiger partial charge in [-0.25, -0.2) is 9.47 Å². The molecule has 1 saturated carbocycles. The van der Waals surface area contributed by atoms with Gasteiger partial charge in [-0.05, 0) is 43.0 Å². The van der Waals surface area contributed by atoms with Gasteiger partial charge < -0.3 is 10.2 Å². The fourth-order valence-electron chi connectivity index (χ4n) is 2.20. The second-order valence-electron chi connectivity index (χ2n) is 5.08. The predicted molar refractivity (Wildman–Crippen MR) is 76.5 cm³/mol. The van der Waals surface area contributed by atoms with Crippen LogP contribution in [-0.4, -0.2) is 24.3 Å². The third kappa shape index (κ3) is 2.39. The first kappa shape index (κ1) is 12.7. The second-order valence-corrected chi connectivity index (χ2v) is 5.08. The number of ether oxygens (including phenoxy) is 1. The summed E-state index contributed by atoms with van der Waals surface area (Å²) in [6, 6.07) is 8.39. The summed E-state index contributed by atoms with van der Waals surface area (Å²) in [6.45, 7) is 0.803. The highest BCUT2D eigenvalue weighted by Gasteiger charge is 2.21. The Morgan fingerprint density at radius 2 is 2.15 bits per heavy atom. The van der Waals surface area contributed by atoms with Crippen LogP contribution >= 0.6 is 0 Å². The van der Waals surface area contributed by atoms with Crippen molar-refractivity contribution in [1.29, 1.82) is 0 Å². The highest BCUT2D eigenvalue weighted by atomic mass is 16.5. The van der Waals surface area contributed by atoms with Crippen molar-refractivity contribution >= 4 is 16.9 Å². The lowest BCUT2D eigenvalue weighted by molar-refractivity contribution is 0.0601. The molecular formula is C15H16N2O3. The quantitative estimate of drug-likeness (QED) is 0.861. The molecule has 0 spiro atoms. The predicted octanol–water partition coefficient (Wildman–Crippen LogP) is 1.74. The molecule has 1 fully saturated rings. The van der Waals surface area contributed by atoms with Gasteiger partial charge in [-0.1, -0.05) is 0 Å². The monoisotopic (exact) mass is 272 g/mol. The van der Waals surface area contributed by atoms with Gasteiger partial charge in [0.1, 0.15) is 0 Å². The number of methoxy groups -OCH3 is 1. The number of fused-ring (bicyclic) bond motifs is 1. The standard InChI is InChI=1S/C15H16N2O3/c1-20-15(19)12-4-6-13-11(8-12)5-7-14(18)17(13)16-9-10-2-3-10/h4-8,10,16H,2-3,9H2,1H3. The van der Waals surface area contributed by atoms with Crippen LogP contribution in [0.25, 0.3) is 10.9 Å². The Hall–Kier alpha value is -2.30. The van der Waals surface area contributed by atoms with E-state index in [1.165, 1.54) is 26.0 Å². The first-order valence-electron chi connectivity index (χ1n) is 6.67. The lowest BCUT2D eigenvalue weighted by Crippen LogP contribution is -2.29. The van der Waals surface area contributed by atoms with Crippen molar-refractivity contribution in [3.8, 4) is 0 Å². The Kier molecular flexibility index (Phi) is 3.18. The summed E-state index contributed by atoms with van der Waals surface area (Å²) in [5.41, 5.74) is 4.32. The third-order valence-corrected chi connectivity index (χ3v) is 3.55. The lowest BCUT2D eigenvalue weighted by Gasteiger charge is -2.12. The lowest BCUT2D eigenvalue weighted by atomic mass is 10.1. The Bertz CT molecular complexity index is 717. The van der Waals surface area contributed by atoms with E-state index >= 15 is 0 Å². The summed E-state index contributed by atoms with van der Waals surface area (Å²) in [7, 11) is 1.35. The molecule has 5 heteroatoms. The van der Waals surface area contributed by atoms with E-state index < -0.39 is 0 Å². The molecule has 1 aliphatic carbocycles. The number of carbonyl (C=O) groups excluding carboxylic acids is 1. The van der Waals surface area contributed by atoms with Gasteiger partial charge in [0.15, 0.2) is 0 Å². The van der Waals surface area contributed by atoms with Gasteiger partial charge in [0.05, 0.1) is 18.2 Å². The molecule has 0 radical (unpaired) electrons. The smallest absolute Gasteiger partial charge is 0.337 e. The van der Waals surface area contributed by atoms with E-state index in [1.54, 1.807) is 28.9 Å². The molecule has 104 valence electrons. The van der Waals surface area contributed by atoms with Crippen LogP contribution in [0.3, 0.4) is 0 Å². The molecule has 1 N–H and O–H groups in total. The molecule has 0 atom stereocenters. The molecule has 2 aromatic rings. The van der Waals surface area contributed by atoms with E-state index in [9.17, 15) is 9.59 Å². The molecule has 5 nitrogen and oxygen atoms in total. The minimum atomic E-state index is -0.379. The zero-order chi connectivity index (χ0) is 14.1. The van der Waals surface area contributed by atoms with Gasteiger partial charge in [0.2, 0.25) is 0 Å². The van der Waals surface area contributed by atoms with E-state index in [0.29, 0.717) is 11.5 Å². The number of aromatic nitrogens is 1. The number of esters is 1. The third-order valence-electron chi connectivity index (χ3n) is 3.55. The van der Waals surface area contributed by atoms with Gasteiger partial charge in [-0.15, -0.1) is 0 Å². The van der Waals surface area contributed by atoms with Crippen molar-refractivity contribution in [2.24, 2.45) is 5.92 Å². The molecule has 0 bridgehead atoms. The molecule has 0 saturated heterocycles. The van der Waals surface area contributed by atoms with Gasteiger partial charge in [-0.2, -0.15) is 0 Å². The zero-order valence-electron chi connectivity index (χ0n) is 11.3. The maximum absolute atomic E-state index is 11.9. The SMILES string of the molecule is COC(=O)c1ccc2c(ccc(=O)n2NCC2CC2)c1. The molecule has 0 amide bonds. The molecule has 1 aliphatic rings. The summed E-state index contributed by atoms with van der Waals surface area (Å²) >= 11 is 0. The number of carbonyl (C=O) groups is 1. The first-order valence-corrected chi connectivity index (χ1v) is 6.67. The van der Waals surface area contributed by atoms with Crippen LogP contribution in [0.1, 0.15) is 23.2 Å². The van der Waals surface area contributed by atoms with Crippen LogP contribution in [0.2, 0.25) is 0 Å². The van der Waals surface area contributed by atoms with Crippen molar-refractivity contribution in [2.45, 2.75) is 12.8 Å². The minimum Gasteiger partial charge on any atom is -0.465 e. The molecule has 1 heterocycles. The molecule has 1 aromatic carbocycles. The van der Waals surface area contributed by atoms with Gasteiger partial charge in [0.25, 0.3) is 5.56 Å². The normalized spacial score (nSPS) is 14.2. The fourth-order valence-corrected chi connectivity index (χ4v) is 2.20. The number of benzene rings is 1. The van der Waals surface area contributed by atoms with Crippen LogP contribution in [0.4, 0.5) is 0 Å². The van der Waals surface area contributed by atoms with Crippen LogP contribution in [0, 0.1) is 5.92 Å². The number of nitrogens with zero attached hydrogens (tertiary/aromatic N) is 1. The minimum absolute atomic E-state index is 0.0935. The maximum Gasteiger partial charge on any atom is 0.337 e. The van der Waals surface area contributed by atoms with Crippen LogP contribution in [-0.2, 0) is 4.74 Å². The number of pyridine rings is 1. The molecule has 0 aliphatic heterocycles. The van der Waals surface area contributed by atoms with Crippen molar-refractivity contribution in [3.05, 3.63) is 46.2 Å². The average molecular weight is 272 g/mol. The first-order chi connectivity index (χ1) is 9.69. The van der Waals surface area contributed by atoms with Crippen LogP contribution in [0.15, 0.2) is 35.1 Å². The Labute approximate surface area is 116 Å². The number of hydrogen-bond acceptors (Lipinski definition) is 4. The van der Waals surface area contributed by atoms with Crippen molar-refractivity contribution in [3.63, 3.8) is 0 Å². The number of rotatable bonds is 4. The van der Waals surface area contributed by atoms with Gasteiger partial charge >= 0.3 is 5.97 Å². The molecular weight excluding hydrogens is 256 g/mol. The van der Waals surface area contributed by atoms with E-state index in [4.69, 9.17) is 4.74 Å². The van der Waals surface area contributed by atoms with Crippen molar-refractivity contribution in [1.82, 2.24) is 4.68 Å². The Balaban J connectivity index is 2.02. The summed E-state index contributed by atoms with van der Waals surface area (Å²) < 4.78 is 6.25. The van der Waals surface area contributed by atoms with Crippen molar-refractivity contribution < 1.29 is 9.53 Å². The van der Waals surface area contributed by atoms with E-state index in [0.717, 1.165) is 17.4 Å².